The summed E-state index contributed by atoms with van der Waals surface area (Å²) in [5.74, 6) is 0.863. The van der Waals surface area contributed by atoms with Crippen molar-refractivity contribution in [1.82, 2.24) is 4.98 Å². The lowest BCUT2D eigenvalue weighted by Gasteiger charge is -2.04. The lowest BCUT2D eigenvalue weighted by Crippen LogP contribution is -2.02. The Hall–Kier alpha value is -1.38. The molecule has 0 spiro atoms. The SMILES string of the molecule is CC(=O)CCOc1cncc(C)c1. The summed E-state index contributed by atoms with van der Waals surface area (Å²) in [5.41, 5.74) is 1.06. The van der Waals surface area contributed by atoms with Gasteiger partial charge in [-0.2, -0.15) is 0 Å². The minimum absolute atomic E-state index is 0.139. The normalized spacial score (nSPS) is 9.69. The number of aromatic nitrogens is 1. The first-order valence-electron chi connectivity index (χ1n) is 4.22. The number of carbonyl (C=O) groups is 1. The zero-order chi connectivity index (χ0) is 9.68. The molecule has 0 aliphatic rings. The molecule has 0 aliphatic heterocycles. The van der Waals surface area contributed by atoms with Gasteiger partial charge in [-0.25, -0.2) is 0 Å². The zero-order valence-electron chi connectivity index (χ0n) is 7.91. The maximum absolute atomic E-state index is 10.6. The van der Waals surface area contributed by atoms with Gasteiger partial charge in [-0.3, -0.25) is 9.78 Å². The van der Waals surface area contributed by atoms with E-state index >= 15 is 0 Å². The molecule has 0 amide bonds. The molecular formula is C10H13NO2. The van der Waals surface area contributed by atoms with Crippen LogP contribution in [0.3, 0.4) is 0 Å². The summed E-state index contributed by atoms with van der Waals surface area (Å²) in [4.78, 5) is 14.6. The third-order valence-electron chi connectivity index (χ3n) is 1.57. The van der Waals surface area contributed by atoms with E-state index in [4.69, 9.17) is 4.74 Å². The fourth-order valence-corrected chi connectivity index (χ4v) is 0.919. The molecule has 1 rings (SSSR count). The fraction of sp³-hybridized carbons (Fsp3) is 0.400. The van der Waals surface area contributed by atoms with Crippen LogP contribution in [-0.2, 0) is 4.79 Å². The molecule has 1 aromatic rings. The van der Waals surface area contributed by atoms with Gasteiger partial charge >= 0.3 is 0 Å². The number of carbonyl (C=O) groups excluding carboxylic acids is 1. The standard InChI is InChI=1S/C10H13NO2/c1-8-5-10(7-11-6-8)13-4-3-9(2)12/h5-7H,3-4H2,1-2H3. The summed E-state index contributed by atoms with van der Waals surface area (Å²) >= 11 is 0. The first-order chi connectivity index (χ1) is 6.18. The third-order valence-corrected chi connectivity index (χ3v) is 1.57. The molecule has 0 atom stereocenters. The van der Waals surface area contributed by atoms with Crippen molar-refractivity contribution < 1.29 is 9.53 Å². The number of ether oxygens (including phenoxy) is 1. The van der Waals surface area contributed by atoms with Gasteiger partial charge in [0.25, 0.3) is 0 Å². The molecule has 3 heteroatoms. The van der Waals surface area contributed by atoms with Crippen molar-refractivity contribution in [3.63, 3.8) is 0 Å². The van der Waals surface area contributed by atoms with E-state index in [9.17, 15) is 4.79 Å². The van der Waals surface area contributed by atoms with E-state index in [2.05, 4.69) is 4.98 Å². The van der Waals surface area contributed by atoms with Gasteiger partial charge in [0.15, 0.2) is 0 Å². The van der Waals surface area contributed by atoms with Crippen molar-refractivity contribution in [1.29, 1.82) is 0 Å². The fourth-order valence-electron chi connectivity index (χ4n) is 0.919. The van der Waals surface area contributed by atoms with Crippen molar-refractivity contribution in [2.24, 2.45) is 0 Å². The third kappa shape index (κ3) is 3.69. The summed E-state index contributed by atoms with van der Waals surface area (Å²) in [6.45, 7) is 3.93. The second-order valence-electron chi connectivity index (χ2n) is 3.00. The highest BCUT2D eigenvalue weighted by Crippen LogP contribution is 2.10. The molecule has 0 fully saturated rings. The van der Waals surface area contributed by atoms with Crippen molar-refractivity contribution in [3.8, 4) is 5.75 Å². The monoisotopic (exact) mass is 179 g/mol. The Morgan fingerprint density at radius 2 is 2.31 bits per heavy atom. The van der Waals surface area contributed by atoms with Gasteiger partial charge in [-0.15, -0.1) is 0 Å². The molecule has 0 bridgehead atoms. The molecule has 0 saturated carbocycles. The second kappa shape index (κ2) is 4.60. The van der Waals surface area contributed by atoms with Gasteiger partial charge in [0.1, 0.15) is 11.5 Å². The highest BCUT2D eigenvalue weighted by molar-refractivity contribution is 5.75. The number of Topliss-reactive ketones (excluding diaryl/α,β-unsaturated/α-hetero) is 1. The second-order valence-corrected chi connectivity index (χ2v) is 3.00. The van der Waals surface area contributed by atoms with Gasteiger partial charge in [0.2, 0.25) is 0 Å². The molecule has 0 aromatic carbocycles. The van der Waals surface area contributed by atoms with Crippen molar-refractivity contribution in [2.45, 2.75) is 20.3 Å². The Kier molecular flexibility index (Phi) is 3.43. The molecule has 1 heterocycles. The number of ketones is 1. The smallest absolute Gasteiger partial charge is 0.137 e. The molecule has 0 N–H and O–H groups in total. The van der Waals surface area contributed by atoms with E-state index < -0.39 is 0 Å². The van der Waals surface area contributed by atoms with Gasteiger partial charge in [-0.05, 0) is 25.5 Å². The Labute approximate surface area is 77.8 Å². The van der Waals surface area contributed by atoms with Gasteiger partial charge in [-0.1, -0.05) is 0 Å². The number of aryl methyl sites for hydroxylation is 1. The Balaban J connectivity index is 2.41. The Morgan fingerprint density at radius 1 is 1.54 bits per heavy atom. The topological polar surface area (TPSA) is 39.2 Å². The van der Waals surface area contributed by atoms with Crippen LogP contribution in [0, 0.1) is 6.92 Å². The lowest BCUT2D eigenvalue weighted by molar-refractivity contribution is -0.117. The number of hydrogen-bond acceptors (Lipinski definition) is 3. The minimum Gasteiger partial charge on any atom is -0.492 e. The molecule has 70 valence electrons. The van der Waals surface area contributed by atoms with Crippen molar-refractivity contribution in [2.75, 3.05) is 6.61 Å². The summed E-state index contributed by atoms with van der Waals surface area (Å²) in [6, 6.07) is 1.90. The van der Waals surface area contributed by atoms with Crippen LogP contribution in [0.5, 0.6) is 5.75 Å². The number of nitrogens with zero attached hydrogens (tertiary/aromatic N) is 1. The number of pyridine rings is 1. The van der Waals surface area contributed by atoms with Gasteiger partial charge < -0.3 is 4.74 Å². The molecule has 0 aliphatic carbocycles. The van der Waals surface area contributed by atoms with E-state index in [1.54, 1.807) is 19.3 Å². The first-order valence-corrected chi connectivity index (χ1v) is 4.22. The summed E-state index contributed by atoms with van der Waals surface area (Å²) in [5, 5.41) is 0. The highest BCUT2D eigenvalue weighted by Gasteiger charge is 1.96. The van der Waals surface area contributed by atoms with Crippen LogP contribution < -0.4 is 4.74 Å². The molecule has 0 unspecified atom stereocenters. The lowest BCUT2D eigenvalue weighted by atomic mass is 10.3. The van der Waals surface area contributed by atoms with E-state index in [1.807, 2.05) is 13.0 Å². The van der Waals surface area contributed by atoms with Crippen LogP contribution >= 0.6 is 0 Å². The zero-order valence-corrected chi connectivity index (χ0v) is 7.91. The largest absolute Gasteiger partial charge is 0.492 e. The Morgan fingerprint density at radius 3 is 2.92 bits per heavy atom. The average Bonchev–Trinajstić information content (AvgIpc) is 2.03. The summed E-state index contributed by atoms with van der Waals surface area (Å²) in [7, 11) is 0. The van der Waals surface area contributed by atoms with Crippen LogP contribution in [0.2, 0.25) is 0 Å². The van der Waals surface area contributed by atoms with Crippen molar-refractivity contribution in [3.05, 3.63) is 24.0 Å². The highest BCUT2D eigenvalue weighted by atomic mass is 16.5. The summed E-state index contributed by atoms with van der Waals surface area (Å²) < 4.78 is 5.31. The maximum atomic E-state index is 10.6. The van der Waals surface area contributed by atoms with Gasteiger partial charge in [0.05, 0.1) is 12.8 Å². The van der Waals surface area contributed by atoms with Gasteiger partial charge in [0, 0.05) is 12.6 Å². The average molecular weight is 179 g/mol. The van der Waals surface area contributed by atoms with Crippen LogP contribution in [0.1, 0.15) is 18.9 Å². The molecular weight excluding hydrogens is 166 g/mol. The van der Waals surface area contributed by atoms with E-state index in [0.717, 1.165) is 11.3 Å². The van der Waals surface area contributed by atoms with Crippen molar-refractivity contribution >= 4 is 5.78 Å². The molecule has 1 aromatic heterocycles. The molecule has 3 nitrogen and oxygen atoms in total. The van der Waals surface area contributed by atoms with Crippen LogP contribution in [0.15, 0.2) is 18.5 Å². The minimum atomic E-state index is 0.139. The number of hydrogen-bond donors (Lipinski definition) is 0. The molecule has 0 radical (unpaired) electrons. The van der Waals surface area contributed by atoms with Crippen LogP contribution in [0.4, 0.5) is 0 Å². The summed E-state index contributed by atoms with van der Waals surface area (Å²) in [6.07, 6.45) is 3.86. The molecule has 13 heavy (non-hydrogen) atoms. The molecule has 0 saturated heterocycles. The van der Waals surface area contributed by atoms with Crippen LogP contribution in [-0.4, -0.2) is 17.4 Å². The van der Waals surface area contributed by atoms with Crippen LogP contribution in [0.25, 0.3) is 0 Å². The van der Waals surface area contributed by atoms with E-state index in [0.29, 0.717) is 13.0 Å². The predicted molar refractivity (Wildman–Crippen MR) is 49.8 cm³/mol. The Bertz CT molecular complexity index is 297. The predicted octanol–water partition coefficient (Wildman–Crippen LogP) is 1.75. The maximum Gasteiger partial charge on any atom is 0.137 e. The quantitative estimate of drug-likeness (QED) is 0.706. The first kappa shape index (κ1) is 9.71. The van der Waals surface area contributed by atoms with E-state index in [1.165, 1.54) is 0 Å². The van der Waals surface area contributed by atoms with E-state index in [-0.39, 0.29) is 5.78 Å². The number of rotatable bonds is 4.